The summed E-state index contributed by atoms with van der Waals surface area (Å²) in [5.74, 6) is -1.55. The Labute approximate surface area is 178 Å². The highest BCUT2D eigenvalue weighted by Gasteiger charge is 2.29. The second-order valence-electron chi connectivity index (χ2n) is 7.51. The lowest BCUT2D eigenvalue weighted by molar-refractivity contribution is 0.142. The Morgan fingerprint density at radius 3 is 2.81 bits per heavy atom. The number of ether oxygens (including phenoxy) is 1. The summed E-state index contributed by atoms with van der Waals surface area (Å²) in [4.78, 5) is 24.8. The van der Waals surface area contributed by atoms with E-state index in [2.05, 4.69) is 32.1 Å². The summed E-state index contributed by atoms with van der Waals surface area (Å²) < 4.78 is 35.1. The van der Waals surface area contributed by atoms with E-state index in [1.807, 2.05) is 11.9 Å². The molecular formula is C21H24F2N6O2. The number of nitrogens with zero attached hydrogens (tertiary/aromatic N) is 4. The van der Waals surface area contributed by atoms with Crippen LogP contribution < -0.4 is 15.5 Å². The van der Waals surface area contributed by atoms with Gasteiger partial charge < -0.3 is 20.3 Å². The van der Waals surface area contributed by atoms with Crippen molar-refractivity contribution in [1.82, 2.24) is 20.2 Å². The van der Waals surface area contributed by atoms with Crippen molar-refractivity contribution in [2.45, 2.75) is 20.0 Å². The normalized spacial score (nSPS) is 16.4. The van der Waals surface area contributed by atoms with Gasteiger partial charge in [0.05, 0.1) is 30.2 Å². The largest absolute Gasteiger partial charge is 0.373 e. The van der Waals surface area contributed by atoms with Gasteiger partial charge in [0, 0.05) is 37.4 Å². The third-order valence-electron chi connectivity index (χ3n) is 5.19. The summed E-state index contributed by atoms with van der Waals surface area (Å²) in [5, 5.41) is 4.78. The van der Waals surface area contributed by atoms with Crippen LogP contribution in [0.5, 0.6) is 0 Å². The highest BCUT2D eigenvalue weighted by atomic mass is 19.2. The Balaban J connectivity index is 1.76. The number of rotatable bonds is 4. The first kappa shape index (κ1) is 21.1. The molecule has 2 aliphatic rings. The molecule has 1 saturated heterocycles. The highest BCUT2D eigenvalue weighted by Crippen LogP contribution is 2.35. The minimum atomic E-state index is -1.16. The van der Waals surface area contributed by atoms with Crippen LogP contribution in [0.2, 0.25) is 0 Å². The third kappa shape index (κ3) is 4.08. The molecule has 0 saturated carbocycles. The average Bonchev–Trinajstić information content (AvgIpc) is 3.12. The smallest absolute Gasteiger partial charge is 0.319 e. The van der Waals surface area contributed by atoms with Gasteiger partial charge in [0.2, 0.25) is 0 Å². The molecule has 164 valence electrons. The van der Waals surface area contributed by atoms with Crippen LogP contribution in [-0.2, 0) is 17.8 Å². The zero-order valence-corrected chi connectivity index (χ0v) is 17.5. The Kier molecular flexibility index (Phi) is 5.84. The van der Waals surface area contributed by atoms with Crippen molar-refractivity contribution < 1.29 is 18.3 Å². The zero-order chi connectivity index (χ0) is 22.1. The van der Waals surface area contributed by atoms with Gasteiger partial charge in [0.25, 0.3) is 0 Å². The summed E-state index contributed by atoms with van der Waals surface area (Å²) in [7, 11) is 1.96. The molecule has 0 atom stereocenters. The number of fused-ring (bicyclic) bond motifs is 1. The second-order valence-corrected chi connectivity index (χ2v) is 7.51. The number of benzene rings is 1. The highest BCUT2D eigenvalue weighted by molar-refractivity contribution is 5.89. The molecule has 2 aromatic rings. The molecular weight excluding hydrogens is 406 g/mol. The Hall–Kier alpha value is -3.11. The molecule has 8 nitrogen and oxygen atoms in total. The quantitative estimate of drug-likeness (QED) is 0.776. The molecule has 2 aliphatic heterocycles. The number of hydrogen-bond acceptors (Lipinski definition) is 6. The van der Waals surface area contributed by atoms with E-state index in [0.717, 1.165) is 17.0 Å². The lowest BCUT2D eigenvalue weighted by Gasteiger charge is -2.31. The van der Waals surface area contributed by atoms with Crippen molar-refractivity contribution in [1.29, 1.82) is 0 Å². The molecule has 2 amide bonds. The van der Waals surface area contributed by atoms with Gasteiger partial charge >= 0.3 is 6.03 Å². The number of halogens is 2. The third-order valence-corrected chi connectivity index (χ3v) is 5.19. The van der Waals surface area contributed by atoms with Gasteiger partial charge in [-0.15, -0.1) is 0 Å². The molecule has 1 aromatic carbocycles. The van der Waals surface area contributed by atoms with Crippen LogP contribution in [0.15, 0.2) is 24.4 Å². The number of anilines is 2. The van der Waals surface area contributed by atoms with Crippen LogP contribution in [0.4, 0.5) is 25.1 Å². The maximum absolute atomic E-state index is 15.0. The first-order valence-corrected chi connectivity index (χ1v) is 10.0. The predicted octanol–water partition coefficient (Wildman–Crippen LogP) is 2.86. The van der Waals surface area contributed by atoms with E-state index < -0.39 is 17.7 Å². The number of aromatic nitrogens is 2. The van der Waals surface area contributed by atoms with Crippen molar-refractivity contribution in [3.8, 4) is 11.4 Å². The number of hydrogen-bond donors (Lipinski definition) is 2. The van der Waals surface area contributed by atoms with E-state index >= 15 is 0 Å². The predicted molar refractivity (Wildman–Crippen MR) is 113 cm³/mol. The average molecular weight is 430 g/mol. The fraction of sp³-hybridized carbons (Fsp3) is 0.381. The fourth-order valence-electron chi connectivity index (χ4n) is 3.72. The minimum Gasteiger partial charge on any atom is -0.373 e. The van der Waals surface area contributed by atoms with Gasteiger partial charge in [-0.2, -0.15) is 0 Å². The number of urea groups is 1. The molecule has 4 rings (SSSR count). The van der Waals surface area contributed by atoms with Crippen molar-refractivity contribution in [2.75, 3.05) is 43.6 Å². The Bertz CT molecular complexity index is 1050. The standard InChI is InChI=1S/C21H24F2N6O2/c1-4-24-21(30)26-15-6-5-13(17(22)18(15)23)19-25-16-10-28(3)9-14(16)20(27-19)29-7-8-31-11-12(29)2/h5-6H,2,4,7-11H2,1,3H3,(H2,24,26,30). The Morgan fingerprint density at radius 1 is 1.26 bits per heavy atom. The molecule has 0 spiro atoms. The van der Waals surface area contributed by atoms with Crippen LogP contribution in [0.3, 0.4) is 0 Å². The number of amides is 2. The van der Waals surface area contributed by atoms with Gasteiger partial charge in [-0.05, 0) is 26.1 Å². The number of carbonyl (C=O) groups excluding carboxylic acids is 1. The summed E-state index contributed by atoms with van der Waals surface area (Å²) in [5.41, 5.74) is 2.14. The van der Waals surface area contributed by atoms with Crippen LogP contribution in [0.1, 0.15) is 18.2 Å². The zero-order valence-electron chi connectivity index (χ0n) is 17.5. The van der Waals surface area contributed by atoms with Crippen molar-refractivity contribution >= 4 is 17.5 Å². The number of morpholine rings is 1. The van der Waals surface area contributed by atoms with Crippen molar-refractivity contribution in [3.05, 3.63) is 47.3 Å². The number of carbonyl (C=O) groups is 1. The summed E-state index contributed by atoms with van der Waals surface area (Å²) in [6.07, 6.45) is 0. The van der Waals surface area contributed by atoms with Gasteiger partial charge in [-0.1, -0.05) is 6.58 Å². The lowest BCUT2D eigenvalue weighted by atomic mass is 10.1. The van der Waals surface area contributed by atoms with E-state index in [1.54, 1.807) is 6.92 Å². The summed E-state index contributed by atoms with van der Waals surface area (Å²) >= 11 is 0. The minimum absolute atomic E-state index is 0.0728. The van der Waals surface area contributed by atoms with E-state index in [9.17, 15) is 13.6 Å². The molecule has 0 bridgehead atoms. The van der Waals surface area contributed by atoms with E-state index in [-0.39, 0.29) is 17.1 Å². The molecule has 2 N–H and O–H groups in total. The van der Waals surface area contributed by atoms with Crippen molar-refractivity contribution in [3.63, 3.8) is 0 Å². The monoisotopic (exact) mass is 430 g/mol. The molecule has 31 heavy (non-hydrogen) atoms. The molecule has 0 radical (unpaired) electrons. The first-order chi connectivity index (χ1) is 14.9. The molecule has 1 aromatic heterocycles. The summed E-state index contributed by atoms with van der Waals surface area (Å²) in [6.45, 7) is 8.84. The second kappa shape index (κ2) is 8.56. The van der Waals surface area contributed by atoms with Crippen LogP contribution in [0.25, 0.3) is 11.4 Å². The van der Waals surface area contributed by atoms with Crippen molar-refractivity contribution in [2.24, 2.45) is 0 Å². The van der Waals surface area contributed by atoms with Gasteiger partial charge in [0.15, 0.2) is 17.5 Å². The Morgan fingerprint density at radius 2 is 2.06 bits per heavy atom. The maximum atomic E-state index is 15.0. The fourth-order valence-corrected chi connectivity index (χ4v) is 3.72. The topological polar surface area (TPSA) is 82.6 Å². The van der Waals surface area contributed by atoms with Crippen LogP contribution in [-0.4, -0.2) is 54.2 Å². The summed E-state index contributed by atoms with van der Waals surface area (Å²) in [6, 6.07) is 2.07. The van der Waals surface area contributed by atoms with Gasteiger partial charge in [-0.25, -0.2) is 23.5 Å². The van der Waals surface area contributed by atoms with E-state index in [1.165, 1.54) is 12.1 Å². The van der Waals surface area contributed by atoms with E-state index in [4.69, 9.17) is 4.74 Å². The first-order valence-electron chi connectivity index (χ1n) is 10.0. The van der Waals surface area contributed by atoms with Crippen LogP contribution >= 0.6 is 0 Å². The maximum Gasteiger partial charge on any atom is 0.319 e. The number of nitrogens with one attached hydrogen (secondary N) is 2. The molecule has 0 aliphatic carbocycles. The lowest BCUT2D eigenvalue weighted by Crippen LogP contribution is -2.35. The van der Waals surface area contributed by atoms with Crippen LogP contribution in [0, 0.1) is 11.6 Å². The van der Waals surface area contributed by atoms with E-state index in [0.29, 0.717) is 45.2 Å². The van der Waals surface area contributed by atoms with Gasteiger partial charge in [-0.3, -0.25) is 4.90 Å². The SMILES string of the molecule is C=C1COCCN1c1nc(-c2ccc(NC(=O)NCC)c(F)c2F)nc2c1CN(C)C2. The molecule has 10 heteroatoms. The molecule has 0 unspecified atom stereocenters. The molecule has 1 fully saturated rings. The molecule has 3 heterocycles. The van der Waals surface area contributed by atoms with Gasteiger partial charge in [0.1, 0.15) is 5.82 Å².